The second-order valence-corrected chi connectivity index (χ2v) is 15.2. The fourth-order valence-corrected chi connectivity index (χ4v) is 7.32. The standard InChI is InChI=1S/C23H22F5N5O2.C22H25F3N4O2/c1-2-31-8-10-32(11-9-31)23(34)33(18-5-3-4-16(24)19(18)26)13-15-7-6-14(12-17(15)25)21-29-30-22(35-21)20(27)28;1-2-27-8-10-28(11-9-27)22(31)29(19-5-3-4-17(23)21(19)25)14-16-7-6-15(12-18(16)24)20(30)13-26/h3-7,12,20H,2,8-11,13H2,1H3;3-7,12H,2,8-11,13-14,26H2,1H3. The summed E-state index contributed by atoms with van der Waals surface area (Å²) in [5.41, 5.74) is 4.93. The number of anilines is 2. The number of nitrogens with zero attached hydrogens (tertiary/aromatic N) is 8. The number of hydrogen-bond donors (Lipinski definition) is 1. The predicted molar refractivity (Wildman–Crippen MR) is 228 cm³/mol. The Bertz CT molecular complexity index is 2500. The van der Waals surface area contributed by atoms with Crippen molar-refractivity contribution in [2.75, 3.05) is 81.8 Å². The monoisotopic (exact) mass is 929 g/mol. The molecule has 0 bridgehead atoms. The van der Waals surface area contributed by atoms with Gasteiger partial charge in [0.15, 0.2) is 29.1 Å². The van der Waals surface area contributed by atoms with Crippen LogP contribution in [0, 0.1) is 34.9 Å². The van der Waals surface area contributed by atoms with Gasteiger partial charge in [-0.1, -0.05) is 44.2 Å². The maximum absolute atomic E-state index is 15.0. The molecule has 2 fully saturated rings. The van der Waals surface area contributed by atoms with Gasteiger partial charge in [0.2, 0.25) is 5.89 Å². The largest absolute Gasteiger partial charge is 0.415 e. The zero-order chi connectivity index (χ0) is 47.7. The number of nitrogens with two attached hydrogens (primary N) is 1. The van der Waals surface area contributed by atoms with Gasteiger partial charge in [0.25, 0.3) is 5.89 Å². The Morgan fingerprint density at radius 3 is 1.52 bits per heavy atom. The van der Waals surface area contributed by atoms with Gasteiger partial charge in [0.1, 0.15) is 11.6 Å². The second-order valence-electron chi connectivity index (χ2n) is 15.2. The van der Waals surface area contributed by atoms with Gasteiger partial charge in [-0.2, -0.15) is 8.78 Å². The number of carbonyl (C=O) groups excluding carboxylic acids is 3. The fraction of sp³-hybridized carbons (Fsp3) is 0.356. The van der Waals surface area contributed by atoms with Crippen LogP contribution in [0.3, 0.4) is 0 Å². The molecule has 5 aromatic rings. The molecular formula is C45H47F8N9O4. The van der Waals surface area contributed by atoms with Crippen LogP contribution in [0.1, 0.15) is 47.6 Å². The highest BCUT2D eigenvalue weighted by Gasteiger charge is 2.31. The molecule has 21 heteroatoms. The Kier molecular flexibility index (Phi) is 16.4. The Morgan fingerprint density at radius 2 is 1.11 bits per heavy atom. The molecule has 7 rings (SSSR count). The number of hydrogen-bond acceptors (Lipinski definition) is 9. The molecule has 0 saturated carbocycles. The van der Waals surface area contributed by atoms with E-state index in [-0.39, 0.29) is 52.6 Å². The molecule has 352 valence electrons. The van der Waals surface area contributed by atoms with Gasteiger partial charge in [-0.3, -0.25) is 14.6 Å². The number of halogens is 8. The Labute approximate surface area is 374 Å². The topological polar surface area (TPSA) is 136 Å². The van der Waals surface area contributed by atoms with Crippen LogP contribution in [0.4, 0.5) is 56.1 Å². The highest BCUT2D eigenvalue weighted by molar-refractivity contribution is 5.97. The smallest absolute Gasteiger partial charge is 0.324 e. The summed E-state index contributed by atoms with van der Waals surface area (Å²) in [5.74, 6) is -7.82. The first-order valence-corrected chi connectivity index (χ1v) is 21.0. The van der Waals surface area contributed by atoms with E-state index >= 15 is 0 Å². The van der Waals surface area contributed by atoms with Crippen LogP contribution >= 0.6 is 0 Å². The van der Waals surface area contributed by atoms with Crippen LogP contribution in [-0.2, 0) is 13.1 Å². The number of rotatable bonds is 12. The molecule has 4 amide bonds. The summed E-state index contributed by atoms with van der Waals surface area (Å²) in [6.45, 7) is 8.88. The van der Waals surface area contributed by atoms with Crippen LogP contribution in [-0.4, -0.2) is 120 Å². The molecule has 0 aliphatic carbocycles. The average molecular weight is 930 g/mol. The molecule has 0 unspecified atom stereocenters. The number of benzene rings is 4. The van der Waals surface area contributed by atoms with Gasteiger partial charge in [0, 0.05) is 74.6 Å². The maximum atomic E-state index is 15.0. The SMILES string of the molecule is CCN1CCN(C(=O)N(Cc2ccc(-c3nnc(C(F)F)o3)cc2F)c2cccc(F)c2F)CC1.CCN1CCN(C(=O)N(Cc2ccc(C(=O)CN)cc2F)c2cccc(F)c2F)CC1. The molecule has 2 saturated heterocycles. The maximum Gasteiger partial charge on any atom is 0.324 e. The minimum atomic E-state index is -2.97. The molecule has 1 aromatic heterocycles. The Balaban J connectivity index is 0.000000220. The molecule has 3 heterocycles. The molecule has 2 N–H and O–H groups in total. The number of urea groups is 2. The summed E-state index contributed by atoms with van der Waals surface area (Å²) in [4.78, 5) is 47.7. The first-order chi connectivity index (χ1) is 31.6. The predicted octanol–water partition coefficient (Wildman–Crippen LogP) is 7.87. The summed E-state index contributed by atoms with van der Waals surface area (Å²) in [5, 5.41) is 6.69. The van der Waals surface area contributed by atoms with E-state index in [9.17, 15) is 49.5 Å². The van der Waals surface area contributed by atoms with Crippen molar-refractivity contribution in [3.63, 3.8) is 0 Å². The zero-order valence-corrected chi connectivity index (χ0v) is 36.0. The average Bonchev–Trinajstić information content (AvgIpc) is 3.84. The molecular weight excluding hydrogens is 883 g/mol. The van der Waals surface area contributed by atoms with Crippen molar-refractivity contribution >= 4 is 29.2 Å². The Hall–Kier alpha value is -6.45. The summed E-state index contributed by atoms with van der Waals surface area (Å²) in [6, 6.07) is 13.3. The van der Waals surface area contributed by atoms with E-state index in [1.54, 1.807) is 4.90 Å². The van der Waals surface area contributed by atoms with Crippen LogP contribution in [0.2, 0.25) is 0 Å². The summed E-state index contributed by atoms with van der Waals surface area (Å²) < 4.78 is 117. The number of alkyl halides is 2. The lowest BCUT2D eigenvalue weighted by Gasteiger charge is -2.37. The number of amides is 4. The fourth-order valence-electron chi connectivity index (χ4n) is 7.32. The van der Waals surface area contributed by atoms with E-state index in [1.165, 1.54) is 53.4 Å². The summed E-state index contributed by atoms with van der Waals surface area (Å²) >= 11 is 0. The zero-order valence-electron chi connectivity index (χ0n) is 36.0. The van der Waals surface area contributed by atoms with Crippen molar-refractivity contribution < 1.29 is 53.9 Å². The first-order valence-electron chi connectivity index (χ1n) is 21.0. The number of aromatic nitrogens is 2. The number of Topliss-reactive ketones (excluding diaryl/α,β-unsaturated/α-hetero) is 1. The number of ketones is 1. The highest BCUT2D eigenvalue weighted by Crippen LogP contribution is 2.30. The molecule has 4 aromatic carbocycles. The minimum absolute atomic E-state index is 0.00782. The number of piperazine rings is 2. The van der Waals surface area contributed by atoms with E-state index in [2.05, 4.69) is 20.0 Å². The van der Waals surface area contributed by atoms with E-state index in [0.29, 0.717) is 52.4 Å². The molecule has 2 aliphatic heterocycles. The number of carbonyl (C=O) groups is 3. The van der Waals surface area contributed by atoms with Crippen LogP contribution in [0.15, 0.2) is 77.2 Å². The lowest BCUT2D eigenvalue weighted by atomic mass is 10.1. The summed E-state index contributed by atoms with van der Waals surface area (Å²) in [7, 11) is 0. The second kappa shape index (κ2) is 22.2. The third-order valence-corrected chi connectivity index (χ3v) is 11.2. The van der Waals surface area contributed by atoms with Gasteiger partial charge in [-0.25, -0.2) is 35.9 Å². The van der Waals surface area contributed by atoms with Gasteiger partial charge in [-0.15, -0.1) is 10.2 Å². The lowest BCUT2D eigenvalue weighted by Crippen LogP contribution is -2.53. The molecule has 66 heavy (non-hydrogen) atoms. The summed E-state index contributed by atoms with van der Waals surface area (Å²) in [6.07, 6.45) is -2.97. The van der Waals surface area contributed by atoms with Gasteiger partial charge >= 0.3 is 18.5 Å². The van der Waals surface area contributed by atoms with Crippen LogP contribution < -0.4 is 15.5 Å². The highest BCUT2D eigenvalue weighted by atomic mass is 19.3. The van der Waals surface area contributed by atoms with Crippen molar-refractivity contribution in [3.05, 3.63) is 130 Å². The normalized spacial score (nSPS) is 14.5. The number of likely N-dealkylation sites (N-methyl/N-ethyl adjacent to an activating group) is 2. The lowest BCUT2D eigenvalue weighted by molar-refractivity contribution is 0.100. The molecule has 0 atom stereocenters. The van der Waals surface area contributed by atoms with Crippen LogP contribution in [0.5, 0.6) is 0 Å². The van der Waals surface area contributed by atoms with Crippen molar-refractivity contribution in [2.45, 2.75) is 33.4 Å². The van der Waals surface area contributed by atoms with Crippen LogP contribution in [0.25, 0.3) is 11.5 Å². The quantitative estimate of drug-likeness (QED) is 0.0980. The van der Waals surface area contributed by atoms with E-state index < -0.39 is 71.6 Å². The molecule has 0 radical (unpaired) electrons. The van der Waals surface area contributed by atoms with Crippen molar-refractivity contribution in [3.8, 4) is 11.5 Å². The minimum Gasteiger partial charge on any atom is -0.415 e. The van der Waals surface area contributed by atoms with Gasteiger partial charge < -0.3 is 29.8 Å². The van der Waals surface area contributed by atoms with Gasteiger partial charge in [-0.05, 0) is 55.6 Å². The van der Waals surface area contributed by atoms with E-state index in [4.69, 9.17) is 10.2 Å². The first kappa shape index (κ1) is 49.0. The van der Waals surface area contributed by atoms with Crippen molar-refractivity contribution in [2.24, 2.45) is 5.73 Å². The molecule has 2 aliphatic rings. The third kappa shape index (κ3) is 11.5. The Morgan fingerprint density at radius 1 is 0.636 bits per heavy atom. The van der Waals surface area contributed by atoms with E-state index in [0.717, 1.165) is 47.2 Å². The van der Waals surface area contributed by atoms with Crippen molar-refractivity contribution in [1.29, 1.82) is 0 Å². The van der Waals surface area contributed by atoms with Gasteiger partial charge in [0.05, 0.1) is 31.0 Å². The molecule has 13 nitrogen and oxygen atoms in total. The third-order valence-electron chi connectivity index (χ3n) is 11.2. The molecule has 0 spiro atoms. The van der Waals surface area contributed by atoms with Crippen molar-refractivity contribution in [1.82, 2.24) is 29.8 Å². The van der Waals surface area contributed by atoms with E-state index in [1.807, 2.05) is 13.8 Å².